The number of carbonyl (C=O) groups excluding carboxylic acids is 1. The second kappa shape index (κ2) is 8.51. The first-order chi connectivity index (χ1) is 9.22. The maximum absolute atomic E-state index is 12.2. The van der Waals surface area contributed by atoms with Crippen molar-refractivity contribution in [2.24, 2.45) is 0 Å². The zero-order valence-electron chi connectivity index (χ0n) is 12.3. The van der Waals surface area contributed by atoms with Gasteiger partial charge in [-0.25, -0.2) is 4.98 Å². The summed E-state index contributed by atoms with van der Waals surface area (Å²) in [6, 6.07) is 3.62. The molecule has 4 nitrogen and oxygen atoms in total. The fourth-order valence-electron chi connectivity index (χ4n) is 1.95. The average Bonchev–Trinajstić information content (AvgIpc) is 2.45. The minimum Gasteiger partial charge on any atom is -0.370 e. The largest absolute Gasteiger partial charge is 0.370 e. The van der Waals surface area contributed by atoms with Gasteiger partial charge in [0.15, 0.2) is 0 Å². The molecule has 0 aliphatic rings. The number of hydrogen-bond acceptors (Lipinski definition) is 3. The lowest BCUT2D eigenvalue weighted by atomic mass is 10.2. The van der Waals surface area contributed by atoms with E-state index in [4.69, 9.17) is 0 Å². The van der Waals surface area contributed by atoms with Crippen LogP contribution >= 0.6 is 0 Å². The van der Waals surface area contributed by atoms with Gasteiger partial charge in [0.05, 0.1) is 0 Å². The first-order valence-corrected chi connectivity index (χ1v) is 7.22. The van der Waals surface area contributed by atoms with Crippen LogP contribution in [-0.2, 0) is 0 Å². The van der Waals surface area contributed by atoms with Crippen LogP contribution in [0.3, 0.4) is 0 Å². The van der Waals surface area contributed by atoms with Gasteiger partial charge < -0.3 is 10.2 Å². The van der Waals surface area contributed by atoms with Crippen LogP contribution in [0.5, 0.6) is 0 Å². The molecule has 4 heteroatoms. The smallest absolute Gasteiger partial charge is 0.254 e. The van der Waals surface area contributed by atoms with E-state index in [0.29, 0.717) is 5.56 Å². The van der Waals surface area contributed by atoms with E-state index in [1.165, 1.54) is 12.8 Å². The monoisotopic (exact) mass is 263 g/mol. The molecule has 106 valence electrons. The van der Waals surface area contributed by atoms with Crippen LogP contribution in [0.25, 0.3) is 0 Å². The highest BCUT2D eigenvalue weighted by molar-refractivity contribution is 5.94. The number of unbranched alkanes of at least 4 members (excludes halogenated alkanes) is 2. The lowest BCUT2D eigenvalue weighted by molar-refractivity contribution is 0.0773. The normalized spacial score (nSPS) is 10.3. The third-order valence-electron chi connectivity index (χ3n) is 3.14. The molecule has 1 amide bonds. The maximum atomic E-state index is 12.2. The summed E-state index contributed by atoms with van der Waals surface area (Å²) in [6.07, 6.45) is 5.24. The molecule has 1 aromatic rings. The summed E-state index contributed by atoms with van der Waals surface area (Å²) in [6.45, 7) is 8.54. The zero-order valence-corrected chi connectivity index (χ0v) is 12.3. The van der Waals surface area contributed by atoms with Gasteiger partial charge in [-0.2, -0.15) is 0 Å². The molecule has 0 fully saturated rings. The molecule has 0 saturated carbocycles. The summed E-state index contributed by atoms with van der Waals surface area (Å²) in [4.78, 5) is 18.3. The Kier molecular flexibility index (Phi) is 6.93. The van der Waals surface area contributed by atoms with Crippen molar-refractivity contribution in [2.45, 2.75) is 40.0 Å². The van der Waals surface area contributed by atoms with E-state index in [0.717, 1.165) is 31.9 Å². The minimum atomic E-state index is 0.0732. The van der Waals surface area contributed by atoms with Crippen molar-refractivity contribution in [1.82, 2.24) is 9.88 Å². The molecule has 0 aliphatic heterocycles. The van der Waals surface area contributed by atoms with Crippen molar-refractivity contribution >= 4 is 11.7 Å². The lowest BCUT2D eigenvalue weighted by Gasteiger charge is -2.18. The summed E-state index contributed by atoms with van der Waals surface area (Å²) >= 11 is 0. The molecule has 0 unspecified atom stereocenters. The predicted octanol–water partition coefficient (Wildman–Crippen LogP) is 3.17. The third kappa shape index (κ3) is 4.89. The van der Waals surface area contributed by atoms with Gasteiger partial charge in [-0.05, 0) is 32.4 Å². The van der Waals surface area contributed by atoms with E-state index in [-0.39, 0.29) is 5.91 Å². The van der Waals surface area contributed by atoms with Gasteiger partial charge in [0.1, 0.15) is 5.82 Å². The summed E-state index contributed by atoms with van der Waals surface area (Å²) < 4.78 is 0. The zero-order chi connectivity index (χ0) is 14.1. The molecule has 0 aromatic carbocycles. The number of hydrogen-bond donors (Lipinski definition) is 1. The van der Waals surface area contributed by atoms with Gasteiger partial charge in [-0.1, -0.05) is 19.8 Å². The second-order valence-corrected chi connectivity index (χ2v) is 4.54. The molecular formula is C15H25N3O. The Morgan fingerprint density at radius 2 is 2.00 bits per heavy atom. The fraction of sp³-hybridized carbons (Fsp3) is 0.600. The van der Waals surface area contributed by atoms with Crippen LogP contribution in [-0.4, -0.2) is 35.4 Å². The van der Waals surface area contributed by atoms with E-state index in [9.17, 15) is 4.79 Å². The van der Waals surface area contributed by atoms with E-state index in [1.54, 1.807) is 12.3 Å². The van der Waals surface area contributed by atoms with E-state index >= 15 is 0 Å². The number of pyridine rings is 1. The highest BCUT2D eigenvalue weighted by Gasteiger charge is 2.12. The van der Waals surface area contributed by atoms with Crippen LogP contribution in [0, 0.1) is 0 Å². The Bertz CT molecular complexity index is 389. The minimum absolute atomic E-state index is 0.0732. The van der Waals surface area contributed by atoms with Crippen LogP contribution in [0.4, 0.5) is 5.82 Å². The van der Waals surface area contributed by atoms with Gasteiger partial charge >= 0.3 is 0 Å². The lowest BCUT2D eigenvalue weighted by Crippen LogP contribution is -2.30. The molecule has 0 atom stereocenters. The highest BCUT2D eigenvalue weighted by Crippen LogP contribution is 2.10. The molecule has 0 aliphatic carbocycles. The van der Waals surface area contributed by atoms with E-state index in [1.807, 2.05) is 24.8 Å². The number of amides is 1. The Hall–Kier alpha value is -1.58. The van der Waals surface area contributed by atoms with Crippen molar-refractivity contribution in [3.63, 3.8) is 0 Å². The Morgan fingerprint density at radius 3 is 2.63 bits per heavy atom. The summed E-state index contributed by atoms with van der Waals surface area (Å²) in [5.74, 6) is 0.859. The first kappa shape index (κ1) is 15.5. The first-order valence-electron chi connectivity index (χ1n) is 7.22. The predicted molar refractivity (Wildman–Crippen MR) is 79.5 cm³/mol. The molecule has 0 spiro atoms. The number of anilines is 1. The van der Waals surface area contributed by atoms with Crippen molar-refractivity contribution in [1.29, 1.82) is 0 Å². The molecule has 1 N–H and O–H groups in total. The van der Waals surface area contributed by atoms with E-state index in [2.05, 4.69) is 17.2 Å². The van der Waals surface area contributed by atoms with Crippen LogP contribution in [0.15, 0.2) is 18.3 Å². The Morgan fingerprint density at radius 1 is 1.26 bits per heavy atom. The van der Waals surface area contributed by atoms with Crippen molar-refractivity contribution < 1.29 is 4.79 Å². The molecular weight excluding hydrogens is 238 g/mol. The second-order valence-electron chi connectivity index (χ2n) is 4.54. The molecule has 0 saturated heterocycles. The van der Waals surface area contributed by atoms with Crippen molar-refractivity contribution in [2.75, 3.05) is 25.0 Å². The van der Waals surface area contributed by atoms with E-state index < -0.39 is 0 Å². The Balaban J connectivity index is 2.63. The SMILES string of the molecule is CCCCCNc1cc(C(=O)N(CC)CC)ccn1. The molecule has 1 aromatic heterocycles. The average molecular weight is 263 g/mol. The topological polar surface area (TPSA) is 45.2 Å². The summed E-state index contributed by atoms with van der Waals surface area (Å²) in [7, 11) is 0. The van der Waals surface area contributed by atoms with Crippen LogP contribution in [0.1, 0.15) is 50.4 Å². The van der Waals surface area contributed by atoms with Crippen LogP contribution in [0.2, 0.25) is 0 Å². The molecule has 1 heterocycles. The number of aromatic nitrogens is 1. The van der Waals surface area contributed by atoms with Gasteiger partial charge in [0.2, 0.25) is 0 Å². The standard InChI is InChI=1S/C15H25N3O/c1-4-7-8-10-16-14-12-13(9-11-17-14)15(19)18(5-2)6-3/h9,11-12H,4-8,10H2,1-3H3,(H,16,17). The number of rotatable bonds is 8. The number of carbonyl (C=O) groups is 1. The van der Waals surface area contributed by atoms with Crippen molar-refractivity contribution in [3.8, 4) is 0 Å². The quantitative estimate of drug-likeness (QED) is 0.733. The number of nitrogens with one attached hydrogen (secondary N) is 1. The summed E-state index contributed by atoms with van der Waals surface area (Å²) in [5, 5.41) is 3.27. The maximum Gasteiger partial charge on any atom is 0.254 e. The summed E-state index contributed by atoms with van der Waals surface area (Å²) in [5.41, 5.74) is 0.705. The molecule has 0 radical (unpaired) electrons. The van der Waals surface area contributed by atoms with Crippen molar-refractivity contribution in [3.05, 3.63) is 23.9 Å². The molecule has 19 heavy (non-hydrogen) atoms. The van der Waals surface area contributed by atoms with Gasteiger partial charge in [0.25, 0.3) is 5.91 Å². The Labute approximate surface area is 116 Å². The molecule has 1 rings (SSSR count). The third-order valence-corrected chi connectivity index (χ3v) is 3.14. The van der Waals surface area contributed by atoms with Gasteiger partial charge in [-0.15, -0.1) is 0 Å². The van der Waals surface area contributed by atoms with Crippen LogP contribution < -0.4 is 5.32 Å². The fourth-order valence-corrected chi connectivity index (χ4v) is 1.95. The van der Waals surface area contributed by atoms with Gasteiger partial charge in [0, 0.05) is 31.4 Å². The molecule has 0 bridgehead atoms. The highest BCUT2D eigenvalue weighted by atomic mass is 16.2. The van der Waals surface area contributed by atoms with Gasteiger partial charge in [-0.3, -0.25) is 4.79 Å². The number of nitrogens with zero attached hydrogens (tertiary/aromatic N) is 2.